The van der Waals surface area contributed by atoms with Crippen LogP contribution in [0.2, 0.25) is 0 Å². The Morgan fingerprint density at radius 1 is 1.05 bits per heavy atom. The molecule has 1 aliphatic heterocycles. The second kappa shape index (κ2) is 12.0. The van der Waals surface area contributed by atoms with Gasteiger partial charge in [-0.3, -0.25) is 4.79 Å². The summed E-state index contributed by atoms with van der Waals surface area (Å²) in [5, 5.41) is 9.80. The molecule has 0 spiro atoms. The number of aromatic nitrogens is 3. The predicted molar refractivity (Wildman–Crippen MR) is 143 cm³/mol. The molecule has 0 saturated heterocycles. The number of fused-ring (bicyclic) bond motifs is 1. The zero-order valence-electron chi connectivity index (χ0n) is 21.4. The number of rotatable bonds is 10. The number of hydrogen-bond donors (Lipinski definition) is 3. The zero-order valence-corrected chi connectivity index (χ0v) is 21.4. The van der Waals surface area contributed by atoms with Crippen molar-refractivity contribution in [2.75, 3.05) is 30.4 Å². The minimum atomic E-state index is -0.401. The van der Waals surface area contributed by atoms with Crippen LogP contribution in [0.25, 0.3) is 5.82 Å². The lowest BCUT2D eigenvalue weighted by atomic mass is 9.84. The molecule has 3 N–H and O–H groups in total. The number of amides is 1. The van der Waals surface area contributed by atoms with Crippen LogP contribution >= 0.6 is 0 Å². The van der Waals surface area contributed by atoms with E-state index in [9.17, 15) is 4.79 Å². The first-order chi connectivity index (χ1) is 18.2. The second-order valence-corrected chi connectivity index (χ2v) is 9.69. The summed E-state index contributed by atoms with van der Waals surface area (Å²) < 4.78 is 13.3. The van der Waals surface area contributed by atoms with Gasteiger partial charge in [-0.1, -0.05) is 38.2 Å². The lowest BCUT2D eigenvalue weighted by Crippen LogP contribution is -2.41. The van der Waals surface area contributed by atoms with Gasteiger partial charge in [0.25, 0.3) is 0 Å². The van der Waals surface area contributed by atoms with Crippen molar-refractivity contribution in [1.29, 1.82) is 0 Å². The van der Waals surface area contributed by atoms with Gasteiger partial charge in [0.15, 0.2) is 11.5 Å². The summed E-state index contributed by atoms with van der Waals surface area (Å²) in [5.74, 6) is 3.86. The summed E-state index contributed by atoms with van der Waals surface area (Å²) >= 11 is 0. The van der Waals surface area contributed by atoms with E-state index in [-0.39, 0.29) is 5.91 Å². The van der Waals surface area contributed by atoms with Gasteiger partial charge in [-0.05, 0) is 49.1 Å². The lowest BCUT2D eigenvalue weighted by molar-refractivity contribution is -0.122. The van der Waals surface area contributed by atoms with Crippen molar-refractivity contribution in [3.05, 3.63) is 54.4 Å². The number of anilines is 2. The quantitative estimate of drug-likeness (QED) is 0.373. The first-order valence-corrected chi connectivity index (χ1v) is 13.4. The van der Waals surface area contributed by atoms with Gasteiger partial charge < -0.3 is 30.0 Å². The lowest BCUT2D eigenvalue weighted by Gasteiger charge is -2.27. The molecule has 2 aliphatic rings. The Kier molecular flexibility index (Phi) is 8.08. The molecule has 1 fully saturated rings. The van der Waals surface area contributed by atoms with Crippen molar-refractivity contribution in [2.24, 2.45) is 5.92 Å². The number of nitrogens with one attached hydrogen (secondary N) is 3. The van der Waals surface area contributed by atoms with Crippen LogP contribution in [0, 0.1) is 5.92 Å². The van der Waals surface area contributed by atoms with E-state index in [1.165, 1.54) is 19.3 Å². The number of carbonyl (C=O) groups is 1. The van der Waals surface area contributed by atoms with E-state index in [0.29, 0.717) is 44.0 Å². The summed E-state index contributed by atoms with van der Waals surface area (Å²) in [6.07, 6.45) is 10.7. The van der Waals surface area contributed by atoms with Gasteiger partial charge in [0.1, 0.15) is 30.9 Å². The minimum Gasteiger partial charge on any atom is -0.486 e. The molecule has 0 radical (unpaired) electrons. The van der Waals surface area contributed by atoms with Gasteiger partial charge in [-0.15, -0.1) is 0 Å². The third-order valence-corrected chi connectivity index (χ3v) is 6.92. The molecule has 9 nitrogen and oxygen atoms in total. The average Bonchev–Trinajstić information content (AvgIpc) is 3.47. The number of hydrogen-bond acceptors (Lipinski definition) is 7. The Bertz CT molecular complexity index is 1180. The third kappa shape index (κ3) is 6.53. The van der Waals surface area contributed by atoms with E-state index in [1.54, 1.807) is 0 Å². The number of ether oxygens (including phenoxy) is 2. The van der Waals surface area contributed by atoms with Crippen molar-refractivity contribution in [2.45, 2.75) is 58.0 Å². The largest absolute Gasteiger partial charge is 0.486 e. The Morgan fingerprint density at radius 2 is 1.84 bits per heavy atom. The molecule has 0 bridgehead atoms. The highest BCUT2D eigenvalue weighted by molar-refractivity contribution is 5.84. The number of benzene rings is 1. The monoisotopic (exact) mass is 504 g/mol. The molecule has 1 aliphatic carbocycles. The van der Waals surface area contributed by atoms with Gasteiger partial charge in [0.05, 0.1) is 0 Å². The van der Waals surface area contributed by atoms with Gasteiger partial charge in [0, 0.05) is 31.5 Å². The van der Waals surface area contributed by atoms with Crippen LogP contribution in [0.4, 0.5) is 11.8 Å². The summed E-state index contributed by atoms with van der Waals surface area (Å²) in [6.45, 7) is 4.22. The zero-order chi connectivity index (χ0) is 25.5. The maximum atomic E-state index is 13.5. The van der Waals surface area contributed by atoms with Crippen LogP contribution < -0.4 is 25.4 Å². The average molecular weight is 505 g/mol. The van der Waals surface area contributed by atoms with E-state index in [4.69, 9.17) is 9.47 Å². The van der Waals surface area contributed by atoms with Crippen LogP contribution in [-0.2, 0) is 11.3 Å². The number of nitrogens with zero attached hydrogens (tertiary/aromatic N) is 3. The van der Waals surface area contributed by atoms with Crippen LogP contribution in [0.15, 0.2) is 48.8 Å². The standard InChI is InChI=1S/C28H36N6O3/c1-2-29-28-32-25(18-26(33-28)34-12-6-7-13-34)31-22(16-20-8-4-3-5-9-20)27(35)30-19-21-10-11-23-24(17-21)37-15-14-36-23/h6-7,10-13,17-18,20,22H,2-5,8-9,14-16,19H2,1H3,(H,30,35)(H2,29,31,32,33)/t22-/m1/s1. The molecule has 1 saturated carbocycles. The van der Waals surface area contributed by atoms with Gasteiger partial charge >= 0.3 is 0 Å². The molecule has 3 aromatic rings. The van der Waals surface area contributed by atoms with Crippen molar-refractivity contribution in [3.8, 4) is 17.3 Å². The van der Waals surface area contributed by atoms with E-state index in [0.717, 1.165) is 42.1 Å². The predicted octanol–water partition coefficient (Wildman–Crippen LogP) is 4.54. The Hall–Kier alpha value is -3.75. The Balaban J connectivity index is 1.33. The van der Waals surface area contributed by atoms with Crippen LogP contribution in [0.1, 0.15) is 51.0 Å². The maximum absolute atomic E-state index is 13.5. The van der Waals surface area contributed by atoms with Crippen molar-refractivity contribution in [3.63, 3.8) is 0 Å². The summed E-state index contributed by atoms with van der Waals surface area (Å²) in [7, 11) is 0. The van der Waals surface area contributed by atoms with E-state index in [2.05, 4.69) is 25.9 Å². The molecule has 2 aromatic heterocycles. The van der Waals surface area contributed by atoms with Crippen LogP contribution in [-0.4, -0.2) is 46.2 Å². The molecular formula is C28H36N6O3. The van der Waals surface area contributed by atoms with E-state index < -0.39 is 6.04 Å². The third-order valence-electron chi connectivity index (χ3n) is 6.92. The molecule has 5 rings (SSSR count). The summed E-state index contributed by atoms with van der Waals surface area (Å²) in [6, 6.07) is 11.2. The molecule has 37 heavy (non-hydrogen) atoms. The topological polar surface area (TPSA) is 102 Å². The minimum absolute atomic E-state index is 0.0356. The van der Waals surface area contributed by atoms with Gasteiger partial charge in [-0.2, -0.15) is 9.97 Å². The molecule has 9 heteroatoms. The van der Waals surface area contributed by atoms with Crippen molar-refractivity contribution >= 4 is 17.7 Å². The summed E-state index contributed by atoms with van der Waals surface area (Å²) in [4.78, 5) is 22.8. The molecule has 1 amide bonds. The first-order valence-electron chi connectivity index (χ1n) is 13.4. The highest BCUT2D eigenvalue weighted by Crippen LogP contribution is 2.31. The highest BCUT2D eigenvalue weighted by Gasteiger charge is 2.25. The fourth-order valence-electron chi connectivity index (χ4n) is 5.04. The Morgan fingerprint density at radius 3 is 2.62 bits per heavy atom. The Labute approximate surface area is 218 Å². The molecule has 0 unspecified atom stereocenters. The van der Waals surface area contributed by atoms with E-state index in [1.807, 2.05) is 60.3 Å². The van der Waals surface area contributed by atoms with Gasteiger partial charge in [0.2, 0.25) is 11.9 Å². The molecular weight excluding hydrogens is 468 g/mol. The highest BCUT2D eigenvalue weighted by atomic mass is 16.6. The van der Waals surface area contributed by atoms with Crippen molar-refractivity contribution in [1.82, 2.24) is 19.9 Å². The smallest absolute Gasteiger partial charge is 0.242 e. The van der Waals surface area contributed by atoms with Gasteiger partial charge in [-0.25, -0.2) is 0 Å². The number of carbonyl (C=O) groups excluding carboxylic acids is 1. The fourth-order valence-corrected chi connectivity index (χ4v) is 5.04. The summed E-state index contributed by atoms with van der Waals surface area (Å²) in [5.41, 5.74) is 0.973. The second-order valence-electron chi connectivity index (χ2n) is 9.69. The molecule has 1 atom stereocenters. The maximum Gasteiger partial charge on any atom is 0.242 e. The molecule has 3 heterocycles. The molecule has 1 aromatic carbocycles. The van der Waals surface area contributed by atoms with E-state index >= 15 is 0 Å². The molecule has 196 valence electrons. The van der Waals surface area contributed by atoms with Crippen molar-refractivity contribution < 1.29 is 14.3 Å². The van der Waals surface area contributed by atoms with Crippen LogP contribution in [0.5, 0.6) is 11.5 Å². The van der Waals surface area contributed by atoms with Crippen LogP contribution in [0.3, 0.4) is 0 Å². The SMILES string of the molecule is CCNc1nc(N[C@H](CC2CCCCC2)C(=O)NCc2ccc3c(c2)OCCO3)cc(-n2cccc2)n1. The fraction of sp³-hybridized carbons (Fsp3) is 0.464. The normalized spacial score (nSPS) is 16.1. The first kappa shape index (κ1) is 24.9.